The fourth-order valence-corrected chi connectivity index (χ4v) is 3.54. The van der Waals surface area contributed by atoms with Crippen LogP contribution in [0.2, 0.25) is 0 Å². The number of carbonyl (C=O) groups is 2. The summed E-state index contributed by atoms with van der Waals surface area (Å²) in [5.74, 6) is -1.35. The molecule has 0 unspecified atom stereocenters. The summed E-state index contributed by atoms with van der Waals surface area (Å²) in [7, 11) is 0. The van der Waals surface area contributed by atoms with Crippen LogP contribution in [0, 0.1) is 34.0 Å². The number of amides is 2. The summed E-state index contributed by atoms with van der Waals surface area (Å²) in [6.07, 6.45) is 0. The van der Waals surface area contributed by atoms with Crippen molar-refractivity contribution in [3.05, 3.63) is 22.8 Å². The zero-order chi connectivity index (χ0) is 18.5. The van der Waals surface area contributed by atoms with Gasteiger partial charge in [0.2, 0.25) is 11.8 Å². The summed E-state index contributed by atoms with van der Waals surface area (Å²) in [6.45, 7) is 12.0. The van der Waals surface area contributed by atoms with Gasteiger partial charge in [0.25, 0.3) is 0 Å². The van der Waals surface area contributed by atoms with Gasteiger partial charge in [-0.1, -0.05) is 37.8 Å². The molecule has 7 heteroatoms. The van der Waals surface area contributed by atoms with Crippen LogP contribution < -0.4 is 5.32 Å². The van der Waals surface area contributed by atoms with Crippen molar-refractivity contribution in [3.63, 3.8) is 0 Å². The topological polar surface area (TPSA) is 97.0 Å². The van der Waals surface area contributed by atoms with Gasteiger partial charge in [-0.3, -0.25) is 9.59 Å². The molecule has 1 heterocycles. The average Bonchev–Trinajstić information content (AvgIpc) is 2.49. The maximum absolute atomic E-state index is 12.3. The number of rotatable bonds is 6. The molecule has 1 aliphatic rings. The Bertz CT molecular complexity index is 667. The number of nitrogens with zero attached hydrogens (tertiary/aromatic N) is 3. The molecule has 0 bridgehead atoms. The Morgan fingerprint density at radius 2 is 2.08 bits per heavy atom. The van der Waals surface area contributed by atoms with Gasteiger partial charge in [-0.05, 0) is 13.8 Å². The Morgan fingerprint density at radius 3 is 2.54 bits per heavy atom. The predicted molar refractivity (Wildman–Crippen MR) is 93.2 cm³/mol. The molecule has 0 spiro atoms. The number of hydrogen-bond acceptors (Lipinski definition) is 5. The lowest BCUT2D eigenvalue weighted by Crippen LogP contribution is -2.44. The highest BCUT2D eigenvalue weighted by molar-refractivity contribution is 8.03. The van der Waals surface area contributed by atoms with Crippen molar-refractivity contribution in [2.75, 3.05) is 18.8 Å². The van der Waals surface area contributed by atoms with Crippen molar-refractivity contribution in [2.24, 2.45) is 11.3 Å². The summed E-state index contributed by atoms with van der Waals surface area (Å²) in [5.41, 5.74) is 0.324. The molecule has 0 radical (unpaired) electrons. The van der Waals surface area contributed by atoms with Crippen molar-refractivity contribution in [2.45, 2.75) is 27.7 Å². The van der Waals surface area contributed by atoms with Crippen LogP contribution in [-0.2, 0) is 9.59 Å². The first-order valence-corrected chi connectivity index (χ1v) is 8.57. The minimum absolute atomic E-state index is 0.0928. The zero-order valence-corrected chi connectivity index (χ0v) is 15.3. The highest BCUT2D eigenvalue weighted by atomic mass is 32.2. The molecule has 1 rings (SSSR count). The summed E-state index contributed by atoms with van der Waals surface area (Å²) in [5, 5.41) is 21.6. The molecule has 0 aromatic carbocycles. The van der Waals surface area contributed by atoms with Gasteiger partial charge in [-0.15, -0.1) is 0 Å². The molecule has 2 amide bonds. The lowest BCUT2D eigenvalue weighted by Gasteiger charge is -2.34. The summed E-state index contributed by atoms with van der Waals surface area (Å²) >= 11 is 1.12. The number of likely N-dealkylation sites (N-methyl/N-ethyl adjacent to an activating group) is 1. The van der Waals surface area contributed by atoms with E-state index in [2.05, 4.69) is 18.0 Å². The average molecular weight is 346 g/mol. The molecule has 1 N–H and O–H groups in total. The SMILES string of the molecule is C=C(C)CN(CC)C(=O)CSC1=C(C#N)C(C)(C)[C@@H](C#N)C(=O)N1. The Labute approximate surface area is 147 Å². The van der Waals surface area contributed by atoms with E-state index >= 15 is 0 Å². The zero-order valence-electron chi connectivity index (χ0n) is 14.5. The first-order valence-electron chi connectivity index (χ1n) is 7.59. The normalized spacial score (nSPS) is 19.1. The van der Waals surface area contributed by atoms with Crippen LogP contribution in [0.4, 0.5) is 0 Å². The molecule has 0 aromatic heterocycles. The third-order valence-corrected chi connectivity index (χ3v) is 4.85. The molecule has 0 aromatic rings. The van der Waals surface area contributed by atoms with E-state index in [1.807, 2.05) is 19.9 Å². The van der Waals surface area contributed by atoms with E-state index in [4.69, 9.17) is 0 Å². The third kappa shape index (κ3) is 4.18. The van der Waals surface area contributed by atoms with E-state index in [9.17, 15) is 20.1 Å². The molecule has 1 atom stereocenters. The minimum atomic E-state index is -0.928. The number of allylic oxidation sites excluding steroid dienone is 1. The van der Waals surface area contributed by atoms with Gasteiger partial charge in [0.15, 0.2) is 0 Å². The van der Waals surface area contributed by atoms with Crippen molar-refractivity contribution in [1.82, 2.24) is 10.2 Å². The monoisotopic (exact) mass is 346 g/mol. The van der Waals surface area contributed by atoms with Crippen molar-refractivity contribution in [1.29, 1.82) is 10.5 Å². The fourth-order valence-electron chi connectivity index (χ4n) is 2.46. The Balaban J connectivity index is 2.97. The largest absolute Gasteiger partial charge is 0.338 e. The minimum Gasteiger partial charge on any atom is -0.338 e. The Kier molecular flexibility index (Phi) is 6.62. The van der Waals surface area contributed by atoms with E-state index in [-0.39, 0.29) is 11.7 Å². The summed E-state index contributed by atoms with van der Waals surface area (Å²) in [6, 6.07) is 4.03. The van der Waals surface area contributed by atoms with Crippen LogP contribution in [0.25, 0.3) is 0 Å². The Hall–Kier alpha value is -2.25. The first kappa shape index (κ1) is 19.8. The number of carbonyl (C=O) groups excluding carboxylic acids is 2. The van der Waals surface area contributed by atoms with E-state index in [0.717, 1.165) is 17.3 Å². The highest BCUT2D eigenvalue weighted by Gasteiger charge is 2.44. The second-order valence-electron chi connectivity index (χ2n) is 6.24. The number of nitrogens with one attached hydrogen (secondary N) is 1. The quantitative estimate of drug-likeness (QED) is 0.743. The van der Waals surface area contributed by atoms with Crippen LogP contribution in [0.1, 0.15) is 27.7 Å². The molecule has 0 fully saturated rings. The van der Waals surface area contributed by atoms with Gasteiger partial charge in [-0.2, -0.15) is 10.5 Å². The molecule has 1 aliphatic heterocycles. The Morgan fingerprint density at radius 1 is 1.46 bits per heavy atom. The molecular weight excluding hydrogens is 324 g/mol. The van der Waals surface area contributed by atoms with Crippen LogP contribution in [0.3, 0.4) is 0 Å². The predicted octanol–water partition coefficient (Wildman–Crippen LogP) is 2.18. The summed E-state index contributed by atoms with van der Waals surface area (Å²) < 4.78 is 0. The molecule has 128 valence electrons. The van der Waals surface area contributed by atoms with Gasteiger partial charge in [0, 0.05) is 18.5 Å². The fraction of sp³-hybridized carbons (Fsp3) is 0.529. The van der Waals surface area contributed by atoms with Gasteiger partial charge in [-0.25, -0.2) is 0 Å². The van der Waals surface area contributed by atoms with E-state index < -0.39 is 17.2 Å². The van der Waals surface area contributed by atoms with Crippen molar-refractivity contribution in [3.8, 4) is 12.1 Å². The molecule has 24 heavy (non-hydrogen) atoms. The van der Waals surface area contributed by atoms with Gasteiger partial charge in [0.05, 0.1) is 28.5 Å². The maximum atomic E-state index is 12.3. The molecule has 0 saturated heterocycles. The standard InChI is InChI=1S/C17H22N4O2S/c1-6-21(9-11(2)3)14(22)10-24-16-13(8-19)17(4,5)12(7-18)15(23)20-16/h12H,2,6,9-10H2,1,3-5H3,(H,20,23)/t12-/m0/s1. The smallest absolute Gasteiger partial charge is 0.243 e. The van der Waals surface area contributed by atoms with Gasteiger partial charge < -0.3 is 10.2 Å². The lowest BCUT2D eigenvalue weighted by atomic mass is 9.72. The van der Waals surface area contributed by atoms with Crippen LogP contribution in [0.5, 0.6) is 0 Å². The number of hydrogen-bond donors (Lipinski definition) is 1. The second kappa shape index (κ2) is 8.03. The third-order valence-electron chi connectivity index (χ3n) is 3.87. The van der Waals surface area contributed by atoms with Crippen molar-refractivity contribution >= 4 is 23.6 Å². The maximum Gasteiger partial charge on any atom is 0.243 e. The van der Waals surface area contributed by atoms with E-state index in [0.29, 0.717) is 23.7 Å². The molecule has 6 nitrogen and oxygen atoms in total. The number of thioether (sulfide) groups is 1. The van der Waals surface area contributed by atoms with E-state index in [1.165, 1.54) is 0 Å². The van der Waals surface area contributed by atoms with Crippen LogP contribution in [-0.4, -0.2) is 35.6 Å². The molecule has 0 saturated carbocycles. The first-order chi connectivity index (χ1) is 11.2. The highest BCUT2D eigenvalue weighted by Crippen LogP contribution is 2.41. The van der Waals surface area contributed by atoms with Gasteiger partial charge >= 0.3 is 0 Å². The van der Waals surface area contributed by atoms with Crippen LogP contribution >= 0.6 is 11.8 Å². The lowest BCUT2D eigenvalue weighted by molar-refractivity contribution is -0.128. The van der Waals surface area contributed by atoms with E-state index in [1.54, 1.807) is 18.7 Å². The van der Waals surface area contributed by atoms with Crippen molar-refractivity contribution < 1.29 is 9.59 Å². The second-order valence-corrected chi connectivity index (χ2v) is 7.23. The van der Waals surface area contributed by atoms with Gasteiger partial charge in [0.1, 0.15) is 5.92 Å². The summed E-state index contributed by atoms with van der Waals surface area (Å²) in [4.78, 5) is 26.1. The number of nitriles is 2. The van der Waals surface area contributed by atoms with Crippen LogP contribution in [0.15, 0.2) is 22.8 Å². The molecular formula is C17H22N4O2S. The molecule has 0 aliphatic carbocycles.